The van der Waals surface area contributed by atoms with Gasteiger partial charge in [0.1, 0.15) is 0 Å². The molecule has 2 aromatic rings. The molecule has 2 amide bonds. The van der Waals surface area contributed by atoms with Gasteiger partial charge in [0.05, 0.1) is 31.2 Å². The lowest BCUT2D eigenvalue weighted by Crippen LogP contribution is -2.35. The summed E-state index contributed by atoms with van der Waals surface area (Å²) in [6.45, 7) is 3.97. The van der Waals surface area contributed by atoms with Crippen molar-refractivity contribution < 1.29 is 9.59 Å². The van der Waals surface area contributed by atoms with E-state index in [2.05, 4.69) is 10.6 Å². The van der Waals surface area contributed by atoms with Gasteiger partial charge in [-0.05, 0) is 50.5 Å². The lowest BCUT2D eigenvalue weighted by molar-refractivity contribution is 0.0924. The first-order valence-corrected chi connectivity index (χ1v) is 11.8. The molecule has 2 aromatic carbocycles. The van der Waals surface area contributed by atoms with Crippen LogP contribution in [0.1, 0.15) is 66.7 Å². The van der Waals surface area contributed by atoms with Crippen LogP contribution in [0.5, 0.6) is 0 Å². The first kappa shape index (κ1) is 25.8. The van der Waals surface area contributed by atoms with Gasteiger partial charge in [0, 0.05) is 12.1 Å². The van der Waals surface area contributed by atoms with Gasteiger partial charge in [-0.25, -0.2) is 0 Å². The Labute approximate surface area is 203 Å². The second-order valence-electron chi connectivity index (χ2n) is 7.43. The van der Waals surface area contributed by atoms with Crippen LogP contribution in [0.4, 0.5) is 0 Å². The second-order valence-corrected chi connectivity index (χ2v) is 9.06. The van der Waals surface area contributed by atoms with Crippen LogP contribution in [0, 0.1) is 0 Å². The zero-order chi connectivity index (χ0) is 23.0. The van der Waals surface area contributed by atoms with Gasteiger partial charge in [0.15, 0.2) is 0 Å². The molecule has 0 heterocycles. The summed E-state index contributed by atoms with van der Waals surface area (Å²) in [5.41, 5.74) is 0.600. The quantitative estimate of drug-likeness (QED) is 0.337. The van der Waals surface area contributed by atoms with E-state index in [0.717, 1.165) is 32.1 Å². The van der Waals surface area contributed by atoms with Gasteiger partial charge in [0.2, 0.25) is 0 Å². The third kappa shape index (κ3) is 7.57. The van der Waals surface area contributed by atoms with Crippen LogP contribution in [0.2, 0.25) is 20.1 Å². The molecule has 0 aliphatic carbocycles. The normalized spacial score (nSPS) is 12.8. The summed E-state index contributed by atoms with van der Waals surface area (Å²) in [6, 6.07) is 9.97. The van der Waals surface area contributed by atoms with Crippen LogP contribution in [-0.4, -0.2) is 23.9 Å². The highest BCUT2D eigenvalue weighted by Crippen LogP contribution is 2.25. The molecule has 31 heavy (non-hydrogen) atoms. The van der Waals surface area contributed by atoms with Gasteiger partial charge in [0.25, 0.3) is 11.8 Å². The maximum atomic E-state index is 12.6. The molecule has 4 nitrogen and oxygen atoms in total. The van der Waals surface area contributed by atoms with E-state index in [1.54, 1.807) is 36.4 Å². The fourth-order valence-electron chi connectivity index (χ4n) is 3.27. The van der Waals surface area contributed by atoms with Crippen molar-refractivity contribution in [2.75, 3.05) is 0 Å². The Hall–Kier alpha value is -1.46. The van der Waals surface area contributed by atoms with Gasteiger partial charge in [-0.15, -0.1) is 0 Å². The van der Waals surface area contributed by atoms with E-state index in [9.17, 15) is 9.59 Å². The highest BCUT2D eigenvalue weighted by atomic mass is 35.5. The van der Waals surface area contributed by atoms with E-state index in [4.69, 9.17) is 46.4 Å². The lowest BCUT2D eigenvalue weighted by atomic mass is 10.0. The van der Waals surface area contributed by atoms with Crippen LogP contribution >= 0.6 is 46.4 Å². The molecule has 0 spiro atoms. The Bertz CT molecular complexity index is 880. The van der Waals surface area contributed by atoms with Crippen LogP contribution in [0.25, 0.3) is 0 Å². The summed E-state index contributed by atoms with van der Waals surface area (Å²) in [7, 11) is 0. The van der Waals surface area contributed by atoms with E-state index < -0.39 is 0 Å². The van der Waals surface area contributed by atoms with Crippen molar-refractivity contribution in [3.8, 4) is 0 Å². The van der Waals surface area contributed by atoms with E-state index in [0.29, 0.717) is 31.2 Å². The number of benzene rings is 2. The summed E-state index contributed by atoms with van der Waals surface area (Å²) >= 11 is 24.4. The number of unbranched alkanes of at least 4 members (excludes halogenated alkanes) is 1. The number of halogens is 4. The average Bonchev–Trinajstić information content (AvgIpc) is 2.70. The monoisotopic (exact) mass is 502 g/mol. The van der Waals surface area contributed by atoms with Crippen LogP contribution < -0.4 is 10.6 Å². The van der Waals surface area contributed by atoms with Crippen molar-refractivity contribution in [2.24, 2.45) is 0 Å². The van der Waals surface area contributed by atoms with Crippen LogP contribution in [0.15, 0.2) is 36.4 Å². The summed E-state index contributed by atoms with van der Waals surface area (Å²) in [5, 5.41) is 7.29. The summed E-state index contributed by atoms with van der Waals surface area (Å²) < 4.78 is 0. The second kappa shape index (κ2) is 12.5. The van der Waals surface area contributed by atoms with Crippen LogP contribution in [-0.2, 0) is 0 Å². The smallest absolute Gasteiger partial charge is 0.254 e. The molecule has 0 aliphatic rings. The fourth-order valence-corrected chi connectivity index (χ4v) is 4.41. The Morgan fingerprint density at radius 3 is 1.65 bits per heavy atom. The number of hydrogen-bond acceptors (Lipinski definition) is 2. The van der Waals surface area contributed by atoms with E-state index in [-0.39, 0.29) is 23.9 Å². The molecule has 2 rings (SSSR count). The maximum absolute atomic E-state index is 12.6. The van der Waals surface area contributed by atoms with Crippen molar-refractivity contribution in [1.82, 2.24) is 10.6 Å². The summed E-state index contributed by atoms with van der Waals surface area (Å²) in [6.07, 6.45) is 4.22. The van der Waals surface area contributed by atoms with E-state index >= 15 is 0 Å². The zero-order valence-corrected chi connectivity index (χ0v) is 20.5. The molecule has 2 atom stereocenters. The van der Waals surface area contributed by atoms with Crippen molar-refractivity contribution in [1.29, 1.82) is 0 Å². The molecule has 0 saturated carbocycles. The number of rotatable bonds is 10. The topological polar surface area (TPSA) is 58.2 Å². The molecule has 2 unspecified atom stereocenters. The Morgan fingerprint density at radius 2 is 1.19 bits per heavy atom. The summed E-state index contributed by atoms with van der Waals surface area (Å²) in [4.78, 5) is 25.0. The molecule has 168 valence electrons. The fraction of sp³-hybridized carbons (Fsp3) is 0.391. The van der Waals surface area contributed by atoms with Crippen molar-refractivity contribution >= 4 is 58.2 Å². The summed E-state index contributed by atoms with van der Waals surface area (Å²) in [5.74, 6) is -0.543. The van der Waals surface area contributed by atoms with Gasteiger partial charge in [-0.1, -0.05) is 78.3 Å². The molecular formula is C23H26Cl4N2O2. The van der Waals surface area contributed by atoms with Crippen molar-refractivity contribution in [3.05, 3.63) is 67.6 Å². The van der Waals surface area contributed by atoms with Gasteiger partial charge < -0.3 is 10.6 Å². The van der Waals surface area contributed by atoms with E-state index in [1.165, 1.54) is 0 Å². The Balaban J connectivity index is 1.78. The standard InChI is InChI=1S/C23H26Cl4N2O2/c1-3-15(29-23(31)21-18(26)12-7-13-19(21)27)9-5-4-8-14(2)28-22(30)20-16(24)10-6-11-17(20)25/h6-7,10-15H,3-5,8-9H2,1-2H3,(H,28,30)(H,29,31). The third-order valence-corrected chi connectivity index (χ3v) is 6.28. The number of amides is 2. The minimum atomic E-state index is -0.279. The molecule has 8 heteroatoms. The maximum Gasteiger partial charge on any atom is 0.254 e. The number of nitrogens with one attached hydrogen (secondary N) is 2. The van der Waals surface area contributed by atoms with Crippen LogP contribution in [0.3, 0.4) is 0 Å². The Morgan fingerprint density at radius 1 is 0.774 bits per heavy atom. The highest BCUT2D eigenvalue weighted by Gasteiger charge is 2.19. The SMILES string of the molecule is CCC(CCCCC(C)NC(=O)c1c(Cl)cccc1Cl)NC(=O)c1c(Cl)cccc1Cl. The predicted molar refractivity (Wildman–Crippen MR) is 130 cm³/mol. The lowest BCUT2D eigenvalue weighted by Gasteiger charge is -2.19. The first-order valence-electron chi connectivity index (χ1n) is 10.2. The molecule has 0 aromatic heterocycles. The van der Waals surface area contributed by atoms with Crippen molar-refractivity contribution in [2.45, 2.75) is 58.0 Å². The minimum Gasteiger partial charge on any atom is -0.349 e. The minimum absolute atomic E-state index is 0.0201. The van der Waals surface area contributed by atoms with Gasteiger partial charge in [-0.2, -0.15) is 0 Å². The zero-order valence-electron chi connectivity index (χ0n) is 17.5. The van der Waals surface area contributed by atoms with E-state index in [1.807, 2.05) is 13.8 Å². The van der Waals surface area contributed by atoms with Gasteiger partial charge in [-0.3, -0.25) is 9.59 Å². The number of carbonyl (C=O) groups excluding carboxylic acids is 2. The van der Waals surface area contributed by atoms with Gasteiger partial charge >= 0.3 is 0 Å². The average molecular weight is 504 g/mol. The number of carbonyl (C=O) groups is 2. The molecule has 0 fully saturated rings. The number of hydrogen-bond donors (Lipinski definition) is 2. The molecule has 0 bridgehead atoms. The first-order chi connectivity index (χ1) is 14.7. The van der Waals surface area contributed by atoms with Crippen molar-refractivity contribution in [3.63, 3.8) is 0 Å². The Kier molecular flexibility index (Phi) is 10.4. The molecule has 0 radical (unpaired) electrons. The molecule has 0 saturated heterocycles. The predicted octanol–water partition coefficient (Wildman–Crippen LogP) is 7.19. The molecule has 2 N–H and O–H groups in total. The molecular weight excluding hydrogens is 478 g/mol. The highest BCUT2D eigenvalue weighted by molar-refractivity contribution is 6.40. The third-order valence-electron chi connectivity index (χ3n) is 5.02. The molecule has 0 aliphatic heterocycles. The largest absolute Gasteiger partial charge is 0.349 e.